The van der Waals surface area contributed by atoms with Crippen LogP contribution in [0.2, 0.25) is 0 Å². The highest BCUT2D eigenvalue weighted by Crippen LogP contribution is 2.21. The maximum Gasteiger partial charge on any atom is 0.229 e. The average Bonchev–Trinajstić information content (AvgIpc) is 2.36. The lowest BCUT2D eigenvalue weighted by Crippen LogP contribution is -2.35. The first kappa shape index (κ1) is 19.1. The quantitative estimate of drug-likeness (QED) is 0.825. The van der Waals surface area contributed by atoms with E-state index in [9.17, 15) is 12.6 Å². The largest absolute Gasteiger partial charge is 0.282 e. The Labute approximate surface area is 135 Å². The van der Waals surface area contributed by atoms with Crippen molar-refractivity contribution in [3.05, 3.63) is 23.5 Å². The minimum Gasteiger partial charge on any atom is -0.282 e. The van der Waals surface area contributed by atoms with Crippen molar-refractivity contribution in [1.29, 1.82) is 0 Å². The molecule has 0 unspecified atom stereocenters. The van der Waals surface area contributed by atoms with Crippen LogP contribution in [0.15, 0.2) is 12.1 Å². The molecule has 126 valence electrons. The lowest BCUT2D eigenvalue weighted by Gasteiger charge is -2.22. The monoisotopic (exact) mass is 347 g/mol. The minimum atomic E-state index is -3.34. The number of nitrogens with one attached hydrogen (secondary N) is 2. The predicted molar refractivity (Wildman–Crippen MR) is 91.5 cm³/mol. The first-order valence-corrected chi connectivity index (χ1v) is 10.1. The summed E-state index contributed by atoms with van der Waals surface area (Å²) in [6, 6.07) is 3.24. The summed E-state index contributed by atoms with van der Waals surface area (Å²) < 4.78 is 40.0. The molecule has 0 radical (unpaired) electrons. The van der Waals surface area contributed by atoms with E-state index < -0.39 is 21.0 Å². The van der Waals surface area contributed by atoms with E-state index >= 15 is 0 Å². The summed E-state index contributed by atoms with van der Waals surface area (Å²) in [6.07, 6.45) is 1.71. The Balaban J connectivity index is 3.00. The van der Waals surface area contributed by atoms with Crippen molar-refractivity contribution in [2.75, 3.05) is 11.0 Å². The van der Waals surface area contributed by atoms with E-state index in [4.69, 9.17) is 0 Å². The molecule has 6 nitrogen and oxygen atoms in total. The van der Waals surface area contributed by atoms with Crippen molar-refractivity contribution >= 4 is 26.7 Å². The summed E-state index contributed by atoms with van der Waals surface area (Å²) in [7, 11) is -4.53. The van der Waals surface area contributed by atoms with Gasteiger partial charge in [-0.3, -0.25) is 9.71 Å². The highest BCUT2D eigenvalue weighted by atomic mass is 32.2. The van der Waals surface area contributed by atoms with Crippen molar-refractivity contribution < 1.29 is 12.6 Å². The number of hydrogen-bond donors (Lipinski definition) is 2. The Hall–Kier alpha value is -0.990. The second-order valence-electron chi connectivity index (χ2n) is 6.18. The van der Waals surface area contributed by atoms with Gasteiger partial charge in [-0.1, -0.05) is 6.92 Å². The van der Waals surface area contributed by atoms with Gasteiger partial charge in [-0.25, -0.2) is 17.3 Å². The summed E-state index contributed by atoms with van der Waals surface area (Å²) in [5.41, 5.74) is 1.88. The fraction of sp³-hybridized carbons (Fsp3) is 0.643. The number of rotatable bonds is 6. The molecule has 0 aliphatic rings. The number of nitrogens with zero attached hydrogens (tertiary/aromatic N) is 1. The molecular formula is C14H25N3O3S2. The Morgan fingerprint density at radius 1 is 1.32 bits per heavy atom. The fourth-order valence-electron chi connectivity index (χ4n) is 1.72. The first-order valence-electron chi connectivity index (χ1n) is 7.09. The third-order valence-corrected chi connectivity index (χ3v) is 5.18. The van der Waals surface area contributed by atoms with E-state index in [0.29, 0.717) is 17.8 Å². The molecule has 0 bridgehead atoms. The number of hydrogen-bond acceptors (Lipinski definition) is 4. The molecule has 0 aromatic carbocycles. The normalized spacial score (nSPS) is 15.4. The zero-order valence-corrected chi connectivity index (χ0v) is 15.6. The van der Waals surface area contributed by atoms with E-state index in [-0.39, 0.29) is 10.8 Å². The van der Waals surface area contributed by atoms with Crippen molar-refractivity contribution in [1.82, 2.24) is 9.71 Å². The van der Waals surface area contributed by atoms with Gasteiger partial charge < -0.3 is 0 Å². The van der Waals surface area contributed by atoms with Crippen molar-refractivity contribution in [2.45, 2.75) is 51.8 Å². The van der Waals surface area contributed by atoms with Gasteiger partial charge >= 0.3 is 0 Å². The molecule has 22 heavy (non-hydrogen) atoms. The molecule has 1 aromatic heterocycles. The van der Waals surface area contributed by atoms with Gasteiger partial charge in [0.2, 0.25) is 10.0 Å². The molecule has 1 rings (SSSR count). The molecule has 0 saturated heterocycles. The maximum atomic E-state index is 12.1. The zero-order valence-electron chi connectivity index (χ0n) is 13.9. The fourth-order valence-corrected chi connectivity index (χ4v) is 3.10. The Morgan fingerprint density at radius 2 is 1.91 bits per heavy atom. The summed E-state index contributed by atoms with van der Waals surface area (Å²) in [5.74, 6) is 0. The average molecular weight is 348 g/mol. The van der Waals surface area contributed by atoms with Crippen LogP contribution < -0.4 is 9.44 Å². The minimum absolute atomic E-state index is 0.197. The third-order valence-electron chi connectivity index (χ3n) is 2.91. The molecule has 1 heterocycles. The van der Waals surface area contributed by atoms with Crippen LogP contribution in [-0.2, 0) is 27.4 Å². The summed E-state index contributed by atoms with van der Waals surface area (Å²) in [6.45, 7) is 9.48. The predicted octanol–water partition coefficient (Wildman–Crippen LogP) is 2.13. The van der Waals surface area contributed by atoms with Crippen molar-refractivity contribution in [2.24, 2.45) is 0 Å². The van der Waals surface area contributed by atoms with Crippen LogP contribution in [0, 0.1) is 0 Å². The summed E-state index contributed by atoms with van der Waals surface area (Å²) in [5, 5.41) is 0. The number of anilines is 1. The molecule has 2 N–H and O–H groups in total. The lowest BCUT2D eigenvalue weighted by molar-refractivity contribution is 0.606. The summed E-state index contributed by atoms with van der Waals surface area (Å²) in [4.78, 5) is 4.49. The van der Waals surface area contributed by atoms with Crippen molar-refractivity contribution in [3.63, 3.8) is 0 Å². The van der Waals surface area contributed by atoms with E-state index in [1.807, 2.05) is 34.6 Å². The smallest absolute Gasteiger partial charge is 0.229 e. The molecule has 0 spiro atoms. The second kappa shape index (κ2) is 7.06. The Bertz CT molecular complexity index is 652. The van der Waals surface area contributed by atoms with Gasteiger partial charge in [-0.2, -0.15) is 0 Å². The van der Waals surface area contributed by atoms with E-state index in [2.05, 4.69) is 14.4 Å². The van der Waals surface area contributed by atoms with Gasteiger partial charge in [0.1, 0.15) is 0 Å². The maximum absolute atomic E-state index is 12.1. The highest BCUT2D eigenvalue weighted by molar-refractivity contribution is 7.92. The van der Waals surface area contributed by atoms with Crippen LogP contribution >= 0.6 is 0 Å². The van der Waals surface area contributed by atoms with Gasteiger partial charge in [0.15, 0.2) is 0 Å². The zero-order chi connectivity index (χ0) is 17.1. The van der Waals surface area contributed by atoms with E-state index in [0.717, 1.165) is 11.9 Å². The van der Waals surface area contributed by atoms with Crippen molar-refractivity contribution in [3.8, 4) is 0 Å². The van der Waals surface area contributed by atoms with Gasteiger partial charge in [-0.05, 0) is 46.2 Å². The van der Waals surface area contributed by atoms with Crippen LogP contribution in [0.4, 0.5) is 5.69 Å². The van der Waals surface area contributed by atoms with Crippen LogP contribution in [0.5, 0.6) is 0 Å². The molecule has 0 aliphatic heterocycles. The number of sulfonamides is 1. The first-order chi connectivity index (χ1) is 9.94. The molecule has 0 amide bonds. The SMILES string of the molecule is CCc1nc([C@@H](C)N[S@](=O)C(C)(C)C)ccc1NS(C)(=O)=O. The number of aryl methyl sites for hydroxylation is 1. The molecule has 2 atom stereocenters. The second-order valence-corrected chi connectivity index (χ2v) is 9.93. The van der Waals surface area contributed by atoms with Gasteiger partial charge in [0.05, 0.1) is 45.1 Å². The van der Waals surface area contributed by atoms with Gasteiger partial charge in [0, 0.05) is 0 Å². The van der Waals surface area contributed by atoms with Gasteiger partial charge in [0.25, 0.3) is 0 Å². The summed E-state index contributed by atoms with van der Waals surface area (Å²) >= 11 is 0. The van der Waals surface area contributed by atoms with E-state index in [1.54, 1.807) is 12.1 Å². The Morgan fingerprint density at radius 3 is 2.36 bits per heavy atom. The van der Waals surface area contributed by atoms with Crippen LogP contribution in [0.3, 0.4) is 0 Å². The molecular weight excluding hydrogens is 322 g/mol. The van der Waals surface area contributed by atoms with Crippen LogP contribution in [0.25, 0.3) is 0 Å². The standard InChI is InChI=1S/C14H25N3O3S2/c1-7-11-13(17-22(6,19)20)9-8-12(15-11)10(2)16-21(18)14(3,4)5/h8-10,16-17H,7H2,1-6H3/t10-,21-/m1/s1. The molecule has 1 aromatic rings. The number of aromatic nitrogens is 1. The molecule has 0 saturated carbocycles. The Kier molecular flexibility index (Phi) is 6.11. The molecule has 8 heteroatoms. The number of pyridine rings is 1. The molecule has 0 aliphatic carbocycles. The van der Waals surface area contributed by atoms with Crippen LogP contribution in [-0.4, -0.2) is 28.6 Å². The topological polar surface area (TPSA) is 88.2 Å². The highest BCUT2D eigenvalue weighted by Gasteiger charge is 2.22. The van der Waals surface area contributed by atoms with Gasteiger partial charge in [-0.15, -0.1) is 0 Å². The van der Waals surface area contributed by atoms with E-state index in [1.165, 1.54) is 0 Å². The van der Waals surface area contributed by atoms with Crippen LogP contribution in [0.1, 0.15) is 52.0 Å². The third kappa shape index (κ3) is 5.66. The lowest BCUT2D eigenvalue weighted by atomic mass is 10.2. The molecule has 0 fully saturated rings.